The van der Waals surface area contributed by atoms with Gasteiger partial charge in [0.25, 0.3) is 6.36 Å². The molecule has 1 atom stereocenters. The monoisotopic (exact) mass is 192 g/mol. The van der Waals surface area contributed by atoms with Crippen molar-refractivity contribution < 1.29 is 23.0 Å². The van der Waals surface area contributed by atoms with E-state index in [9.17, 15) is 13.2 Å². The van der Waals surface area contributed by atoms with Gasteiger partial charge >= 0.3 is 6.43 Å². The first-order chi connectivity index (χ1) is 6.11. The summed E-state index contributed by atoms with van der Waals surface area (Å²) in [5.74, 6) is -0.666. The van der Waals surface area contributed by atoms with E-state index in [1.807, 2.05) is 0 Å². The normalized spacial score (nSPS) is 12.9. The molecule has 0 aliphatic carbocycles. The van der Waals surface area contributed by atoms with Crippen molar-refractivity contribution in [2.24, 2.45) is 0 Å². The van der Waals surface area contributed by atoms with E-state index in [-0.39, 0.29) is 11.5 Å². The van der Waals surface area contributed by atoms with Gasteiger partial charge < -0.3 is 9.84 Å². The highest BCUT2D eigenvalue weighted by Crippen LogP contribution is 2.26. The van der Waals surface area contributed by atoms with Crippen molar-refractivity contribution in [3.63, 3.8) is 0 Å². The van der Waals surface area contributed by atoms with E-state index in [2.05, 4.69) is 4.74 Å². The van der Waals surface area contributed by atoms with Crippen molar-refractivity contribution in [2.45, 2.75) is 12.8 Å². The van der Waals surface area contributed by atoms with Crippen LogP contribution in [0.3, 0.4) is 0 Å². The topological polar surface area (TPSA) is 29.5 Å². The number of benzene rings is 1. The molecule has 0 radical (unpaired) electrons. The molecule has 2 nitrogen and oxygen atoms in total. The average Bonchev–Trinajstić information content (AvgIpc) is 2.08. The highest BCUT2D eigenvalue weighted by Gasteiger charge is 2.21. The van der Waals surface area contributed by atoms with Gasteiger partial charge in [-0.25, -0.2) is 8.78 Å². The molecule has 1 unspecified atom stereocenters. The van der Waals surface area contributed by atoms with Crippen LogP contribution in [0.15, 0.2) is 24.3 Å². The maximum atomic E-state index is 12.3. The number of rotatable bonds is 3. The fraction of sp³-hybridized carbons (Fsp3) is 0.250. The number of hydrogen-bond donors (Lipinski definition) is 1. The van der Waals surface area contributed by atoms with Crippen LogP contribution in [0.25, 0.3) is 0 Å². The van der Waals surface area contributed by atoms with Crippen LogP contribution in [-0.4, -0.2) is 17.9 Å². The van der Waals surface area contributed by atoms with Gasteiger partial charge in [-0.15, -0.1) is 0 Å². The summed E-state index contributed by atoms with van der Waals surface area (Å²) in [4.78, 5) is 0. The maximum Gasteiger partial charge on any atom is 0.304 e. The third kappa shape index (κ3) is 2.54. The molecule has 0 saturated carbocycles. The van der Waals surface area contributed by atoms with E-state index in [1.54, 1.807) is 0 Å². The minimum Gasteiger partial charge on any atom is -0.504 e. The lowest BCUT2D eigenvalue weighted by atomic mass is 10.3. The van der Waals surface area contributed by atoms with Gasteiger partial charge in [-0.05, 0) is 12.1 Å². The second-order valence-electron chi connectivity index (χ2n) is 2.27. The number of para-hydroxylation sites is 2. The van der Waals surface area contributed by atoms with E-state index >= 15 is 0 Å². The maximum absolute atomic E-state index is 12.3. The van der Waals surface area contributed by atoms with Gasteiger partial charge in [0.1, 0.15) is 0 Å². The molecule has 0 bridgehead atoms. The second-order valence-corrected chi connectivity index (χ2v) is 2.27. The number of halogens is 3. The molecule has 0 saturated heterocycles. The SMILES string of the molecule is Oc1ccccc1OC(F)C(F)F. The number of phenols is 1. The first-order valence-electron chi connectivity index (χ1n) is 3.48. The standard InChI is InChI=1S/C8H7F3O2/c9-7(10)8(11)13-6-4-2-1-3-5(6)12/h1-4,7-8,12H. The molecule has 0 amide bonds. The van der Waals surface area contributed by atoms with Crippen LogP contribution < -0.4 is 4.74 Å². The molecule has 1 N–H and O–H groups in total. The quantitative estimate of drug-likeness (QED) is 0.796. The predicted octanol–water partition coefficient (Wildman–Crippen LogP) is 2.33. The number of aromatic hydroxyl groups is 1. The number of hydrogen-bond acceptors (Lipinski definition) is 2. The van der Waals surface area contributed by atoms with Crippen molar-refractivity contribution in [3.8, 4) is 11.5 Å². The summed E-state index contributed by atoms with van der Waals surface area (Å²) in [7, 11) is 0. The molecule has 5 heteroatoms. The molecule has 1 aromatic rings. The highest BCUT2D eigenvalue weighted by atomic mass is 19.3. The molecular formula is C8H7F3O2. The molecule has 0 aliphatic rings. The van der Waals surface area contributed by atoms with Gasteiger partial charge in [0.2, 0.25) is 0 Å². The van der Waals surface area contributed by atoms with Crippen LogP contribution in [0.1, 0.15) is 0 Å². The van der Waals surface area contributed by atoms with Gasteiger partial charge in [-0.3, -0.25) is 0 Å². The molecule has 0 aromatic heterocycles. The third-order valence-corrected chi connectivity index (χ3v) is 1.30. The molecule has 0 heterocycles. The van der Waals surface area contributed by atoms with Crippen LogP contribution in [0.5, 0.6) is 11.5 Å². The van der Waals surface area contributed by atoms with Crippen LogP contribution >= 0.6 is 0 Å². The average molecular weight is 192 g/mol. The van der Waals surface area contributed by atoms with Gasteiger partial charge in [-0.1, -0.05) is 12.1 Å². The Bertz CT molecular complexity index is 278. The first-order valence-corrected chi connectivity index (χ1v) is 3.48. The number of ether oxygens (including phenoxy) is 1. The molecule has 1 aromatic carbocycles. The molecular weight excluding hydrogens is 185 g/mol. The predicted molar refractivity (Wildman–Crippen MR) is 39.6 cm³/mol. The zero-order chi connectivity index (χ0) is 9.84. The van der Waals surface area contributed by atoms with Crippen LogP contribution in [0, 0.1) is 0 Å². The van der Waals surface area contributed by atoms with Gasteiger partial charge in [-0.2, -0.15) is 4.39 Å². The largest absolute Gasteiger partial charge is 0.504 e. The molecule has 1 rings (SSSR count). The Morgan fingerprint density at radius 3 is 2.31 bits per heavy atom. The fourth-order valence-electron chi connectivity index (χ4n) is 0.730. The Morgan fingerprint density at radius 1 is 1.15 bits per heavy atom. The molecule has 0 spiro atoms. The summed E-state index contributed by atoms with van der Waals surface area (Å²) in [5, 5.41) is 9.00. The second kappa shape index (κ2) is 4.02. The Hall–Kier alpha value is -1.39. The Morgan fingerprint density at radius 2 is 1.77 bits per heavy atom. The summed E-state index contributed by atoms with van der Waals surface area (Å²) in [6.07, 6.45) is -5.94. The van der Waals surface area contributed by atoms with E-state index < -0.39 is 12.8 Å². The Labute approximate surface area is 72.6 Å². The molecule has 0 aliphatic heterocycles. The molecule has 0 fully saturated rings. The summed E-state index contributed by atoms with van der Waals surface area (Å²) in [5.41, 5.74) is 0. The summed E-state index contributed by atoms with van der Waals surface area (Å²) >= 11 is 0. The first kappa shape index (κ1) is 9.70. The minimum absolute atomic E-state index is 0.296. The smallest absolute Gasteiger partial charge is 0.304 e. The van der Waals surface area contributed by atoms with Gasteiger partial charge in [0.05, 0.1) is 0 Å². The van der Waals surface area contributed by atoms with E-state index in [1.165, 1.54) is 24.3 Å². The van der Waals surface area contributed by atoms with Gasteiger partial charge in [0, 0.05) is 0 Å². The minimum atomic E-state index is -3.22. The van der Waals surface area contributed by atoms with E-state index in [4.69, 9.17) is 5.11 Å². The van der Waals surface area contributed by atoms with Gasteiger partial charge in [0.15, 0.2) is 11.5 Å². The fourth-order valence-corrected chi connectivity index (χ4v) is 0.730. The lowest BCUT2D eigenvalue weighted by Crippen LogP contribution is -2.19. The number of phenolic OH excluding ortho intramolecular Hbond substituents is 1. The van der Waals surface area contributed by atoms with Crippen molar-refractivity contribution >= 4 is 0 Å². The van der Waals surface area contributed by atoms with Crippen molar-refractivity contribution in [2.75, 3.05) is 0 Å². The zero-order valence-electron chi connectivity index (χ0n) is 6.45. The van der Waals surface area contributed by atoms with Crippen LogP contribution in [0.2, 0.25) is 0 Å². The summed E-state index contributed by atoms with van der Waals surface area (Å²) in [6.45, 7) is 0. The summed E-state index contributed by atoms with van der Waals surface area (Å²) < 4.78 is 39.8. The van der Waals surface area contributed by atoms with Crippen LogP contribution in [0.4, 0.5) is 13.2 Å². The Balaban J connectivity index is 2.69. The molecule has 72 valence electrons. The lowest BCUT2D eigenvalue weighted by Gasteiger charge is -2.10. The lowest BCUT2D eigenvalue weighted by molar-refractivity contribution is -0.0677. The highest BCUT2D eigenvalue weighted by molar-refractivity contribution is 5.37. The van der Waals surface area contributed by atoms with E-state index in [0.717, 1.165) is 0 Å². The summed E-state index contributed by atoms with van der Waals surface area (Å²) in [6, 6.07) is 5.32. The number of alkyl halides is 3. The van der Waals surface area contributed by atoms with E-state index in [0.29, 0.717) is 0 Å². The van der Waals surface area contributed by atoms with Crippen LogP contribution in [-0.2, 0) is 0 Å². The third-order valence-electron chi connectivity index (χ3n) is 1.30. The molecule has 13 heavy (non-hydrogen) atoms. The van der Waals surface area contributed by atoms with Crippen molar-refractivity contribution in [1.29, 1.82) is 0 Å². The Kier molecular flexibility index (Phi) is 3.00. The van der Waals surface area contributed by atoms with Crippen molar-refractivity contribution in [3.05, 3.63) is 24.3 Å². The zero-order valence-corrected chi connectivity index (χ0v) is 6.45. The van der Waals surface area contributed by atoms with Crippen molar-refractivity contribution in [1.82, 2.24) is 0 Å².